The molecule has 1 atom stereocenters. The Kier molecular flexibility index (Phi) is 5.20. The van der Waals surface area contributed by atoms with Crippen molar-refractivity contribution in [3.63, 3.8) is 0 Å². The number of ketones is 1. The van der Waals surface area contributed by atoms with E-state index in [1.807, 2.05) is 31.2 Å². The second-order valence-electron chi connectivity index (χ2n) is 3.92. The summed E-state index contributed by atoms with van der Waals surface area (Å²) in [5, 5.41) is 0.462. The number of hydrogen-bond donors (Lipinski definition) is 0. The molecule has 0 heterocycles. The third-order valence-electron chi connectivity index (χ3n) is 2.14. The zero-order valence-electron chi connectivity index (χ0n) is 9.61. The van der Waals surface area contributed by atoms with Gasteiger partial charge in [-0.05, 0) is 31.9 Å². The summed E-state index contributed by atoms with van der Waals surface area (Å²) < 4.78 is 0. The molecule has 3 heteroatoms. The lowest BCUT2D eigenvalue weighted by Crippen LogP contribution is -2.06. The molecule has 2 nitrogen and oxygen atoms in total. The van der Waals surface area contributed by atoms with Gasteiger partial charge in [-0.25, -0.2) is 0 Å². The summed E-state index contributed by atoms with van der Waals surface area (Å²) >= 11 is 6.00. The van der Waals surface area contributed by atoms with Gasteiger partial charge in [-0.15, -0.1) is 0 Å². The Hall–Kier alpha value is -1.15. The first-order valence-electron chi connectivity index (χ1n) is 5.34. The van der Waals surface area contributed by atoms with E-state index in [9.17, 15) is 4.79 Å². The Morgan fingerprint density at radius 3 is 2.94 bits per heavy atom. The predicted octanol–water partition coefficient (Wildman–Crippen LogP) is 3.43. The fourth-order valence-electron chi connectivity index (χ4n) is 1.50. The zero-order chi connectivity index (χ0) is 12.0. The van der Waals surface area contributed by atoms with E-state index < -0.39 is 0 Å². The van der Waals surface area contributed by atoms with Gasteiger partial charge in [0, 0.05) is 6.42 Å². The minimum atomic E-state index is -0.0510. The van der Waals surface area contributed by atoms with Crippen LogP contribution in [0.1, 0.15) is 26.7 Å². The number of aliphatic imine (C=N–C) groups is 1. The van der Waals surface area contributed by atoms with Crippen LogP contribution in [0.2, 0.25) is 0 Å². The lowest BCUT2D eigenvalue weighted by atomic mass is 10.1. The van der Waals surface area contributed by atoms with Crippen LogP contribution in [-0.4, -0.2) is 17.0 Å². The molecule has 1 aliphatic rings. The molecular weight excluding hydrogens is 222 g/mol. The summed E-state index contributed by atoms with van der Waals surface area (Å²) in [6.45, 7) is 3.45. The monoisotopic (exact) mass is 237 g/mol. The van der Waals surface area contributed by atoms with Gasteiger partial charge in [0.1, 0.15) is 11.0 Å². The maximum Gasteiger partial charge on any atom is 0.131 e. The first kappa shape index (κ1) is 12.9. The second-order valence-corrected chi connectivity index (χ2v) is 4.30. The van der Waals surface area contributed by atoms with Crippen LogP contribution in [-0.2, 0) is 4.79 Å². The third kappa shape index (κ3) is 5.08. The van der Waals surface area contributed by atoms with Crippen molar-refractivity contribution in [2.24, 2.45) is 4.99 Å². The maximum absolute atomic E-state index is 10.9. The van der Waals surface area contributed by atoms with Gasteiger partial charge < -0.3 is 0 Å². The molecule has 16 heavy (non-hydrogen) atoms. The van der Waals surface area contributed by atoms with Crippen molar-refractivity contribution in [1.82, 2.24) is 0 Å². The number of allylic oxidation sites excluding steroid dienone is 6. The fraction of sp³-hybridized carbons (Fsp3) is 0.385. The van der Waals surface area contributed by atoms with Crippen LogP contribution in [0, 0.1) is 0 Å². The molecule has 86 valence electrons. The molecule has 0 saturated heterocycles. The number of carbonyl (C=O) groups is 1. The van der Waals surface area contributed by atoms with Crippen LogP contribution in [0.5, 0.6) is 0 Å². The molecular formula is C13H16ClNO. The van der Waals surface area contributed by atoms with E-state index >= 15 is 0 Å². The van der Waals surface area contributed by atoms with Crippen LogP contribution in [0.25, 0.3) is 0 Å². The summed E-state index contributed by atoms with van der Waals surface area (Å²) in [4.78, 5) is 15.1. The van der Waals surface area contributed by atoms with E-state index in [1.54, 1.807) is 6.92 Å². The Balaban J connectivity index is 2.60. The van der Waals surface area contributed by atoms with Crippen molar-refractivity contribution in [2.75, 3.05) is 0 Å². The van der Waals surface area contributed by atoms with Gasteiger partial charge in [-0.1, -0.05) is 35.9 Å². The summed E-state index contributed by atoms with van der Waals surface area (Å²) in [6, 6.07) is -0.0510. The van der Waals surface area contributed by atoms with Crippen molar-refractivity contribution >= 4 is 22.6 Å². The lowest BCUT2D eigenvalue weighted by Gasteiger charge is -2.04. The molecule has 0 bridgehead atoms. The van der Waals surface area contributed by atoms with E-state index in [0.29, 0.717) is 11.6 Å². The van der Waals surface area contributed by atoms with E-state index in [0.717, 1.165) is 12.0 Å². The molecule has 0 aromatic carbocycles. The van der Waals surface area contributed by atoms with E-state index in [-0.39, 0.29) is 11.8 Å². The van der Waals surface area contributed by atoms with Crippen LogP contribution in [0.15, 0.2) is 40.9 Å². The smallest absolute Gasteiger partial charge is 0.131 e. The van der Waals surface area contributed by atoms with Gasteiger partial charge in [0.25, 0.3) is 0 Å². The van der Waals surface area contributed by atoms with Gasteiger partial charge in [0.15, 0.2) is 0 Å². The van der Waals surface area contributed by atoms with Crippen molar-refractivity contribution in [3.05, 3.63) is 36.0 Å². The van der Waals surface area contributed by atoms with Gasteiger partial charge in [0.2, 0.25) is 0 Å². The fourth-order valence-corrected chi connectivity index (χ4v) is 1.81. The van der Waals surface area contributed by atoms with E-state index in [4.69, 9.17) is 11.6 Å². The molecule has 0 aromatic heterocycles. The predicted molar refractivity (Wildman–Crippen MR) is 69.0 cm³/mol. The Bertz CT molecular complexity index is 377. The number of hydrogen-bond acceptors (Lipinski definition) is 2. The molecule has 0 saturated carbocycles. The summed E-state index contributed by atoms with van der Waals surface area (Å²) in [6.07, 6.45) is 11.2. The van der Waals surface area contributed by atoms with Gasteiger partial charge >= 0.3 is 0 Å². The number of carbonyl (C=O) groups excluding carboxylic acids is 1. The topological polar surface area (TPSA) is 29.4 Å². The summed E-state index contributed by atoms with van der Waals surface area (Å²) in [5.41, 5.74) is 1.13. The second kappa shape index (κ2) is 6.44. The first-order chi connectivity index (χ1) is 7.58. The zero-order valence-corrected chi connectivity index (χ0v) is 10.4. The first-order valence-corrected chi connectivity index (χ1v) is 5.72. The third-order valence-corrected chi connectivity index (χ3v) is 2.35. The Morgan fingerprint density at radius 1 is 1.62 bits per heavy atom. The van der Waals surface area contributed by atoms with E-state index in [2.05, 4.69) is 11.1 Å². The standard InChI is InChI=1S/C13H16ClNO/c1-10(8-11(2)16)15-13(14)9-12-6-4-3-5-7-12/h3-6,9-10H,7-8H2,1-2H3/b12-9-,15-13?/t10-/m0/s1. The average molecular weight is 238 g/mol. The molecule has 0 radical (unpaired) electrons. The molecule has 0 amide bonds. The Morgan fingerprint density at radius 2 is 2.38 bits per heavy atom. The SMILES string of the molecule is CC(=O)C[C@H](C)N=C(Cl)/C=C1/C=CC=CC1. The highest BCUT2D eigenvalue weighted by Crippen LogP contribution is 2.11. The number of Topliss-reactive ketones (excluding diaryl/α,β-unsaturated/α-hetero) is 1. The molecule has 0 aliphatic heterocycles. The van der Waals surface area contributed by atoms with Crippen molar-refractivity contribution in [2.45, 2.75) is 32.7 Å². The van der Waals surface area contributed by atoms with Gasteiger partial charge in [-0.3, -0.25) is 9.79 Å². The van der Waals surface area contributed by atoms with Crippen LogP contribution in [0.3, 0.4) is 0 Å². The molecule has 1 aliphatic carbocycles. The molecule has 0 spiro atoms. The molecule has 0 aromatic rings. The number of halogens is 1. The molecule has 0 N–H and O–H groups in total. The summed E-state index contributed by atoms with van der Waals surface area (Å²) in [5.74, 6) is 0.133. The minimum absolute atomic E-state index is 0.0510. The lowest BCUT2D eigenvalue weighted by molar-refractivity contribution is -0.117. The average Bonchev–Trinajstić information content (AvgIpc) is 2.17. The molecule has 1 rings (SSSR count). The van der Waals surface area contributed by atoms with Crippen molar-refractivity contribution in [3.8, 4) is 0 Å². The number of rotatable bonds is 4. The Labute approximate surface area is 101 Å². The van der Waals surface area contributed by atoms with Crippen molar-refractivity contribution in [1.29, 1.82) is 0 Å². The maximum atomic E-state index is 10.9. The largest absolute Gasteiger partial charge is 0.300 e. The van der Waals surface area contributed by atoms with Crippen LogP contribution in [0.4, 0.5) is 0 Å². The highest BCUT2D eigenvalue weighted by molar-refractivity contribution is 6.68. The quantitative estimate of drug-likeness (QED) is 0.689. The molecule has 0 unspecified atom stereocenters. The highest BCUT2D eigenvalue weighted by Gasteiger charge is 2.04. The van der Waals surface area contributed by atoms with Crippen LogP contribution < -0.4 is 0 Å². The highest BCUT2D eigenvalue weighted by atomic mass is 35.5. The minimum Gasteiger partial charge on any atom is -0.300 e. The number of nitrogens with zero attached hydrogens (tertiary/aromatic N) is 1. The summed E-state index contributed by atoms with van der Waals surface area (Å²) in [7, 11) is 0. The van der Waals surface area contributed by atoms with Gasteiger partial charge in [0.05, 0.1) is 6.04 Å². The van der Waals surface area contributed by atoms with Gasteiger partial charge in [-0.2, -0.15) is 0 Å². The van der Waals surface area contributed by atoms with Crippen LogP contribution >= 0.6 is 11.6 Å². The van der Waals surface area contributed by atoms with Crippen molar-refractivity contribution < 1.29 is 4.79 Å². The van der Waals surface area contributed by atoms with E-state index in [1.165, 1.54) is 0 Å². The normalized spacial score (nSPS) is 20.2. The molecule has 0 fully saturated rings.